The van der Waals surface area contributed by atoms with Gasteiger partial charge in [0.15, 0.2) is 9.84 Å². The lowest BCUT2D eigenvalue weighted by molar-refractivity contribution is 0.600. The van der Waals surface area contributed by atoms with Gasteiger partial charge in [-0.2, -0.15) is 5.10 Å². The Morgan fingerprint density at radius 3 is 2.71 bits per heavy atom. The first-order chi connectivity index (χ1) is 7.96. The number of rotatable bonds is 3. The van der Waals surface area contributed by atoms with Crippen LogP contribution in [0.2, 0.25) is 5.02 Å². The van der Waals surface area contributed by atoms with Crippen molar-refractivity contribution in [2.45, 2.75) is 5.75 Å². The van der Waals surface area contributed by atoms with Crippen molar-refractivity contribution in [1.82, 2.24) is 10.2 Å². The molecule has 17 heavy (non-hydrogen) atoms. The minimum absolute atomic E-state index is 0.0511. The summed E-state index contributed by atoms with van der Waals surface area (Å²) in [6.45, 7) is 0. The van der Waals surface area contributed by atoms with Gasteiger partial charge < -0.3 is 0 Å². The molecule has 0 fully saturated rings. The van der Waals surface area contributed by atoms with Crippen LogP contribution in [-0.2, 0) is 15.6 Å². The fourth-order valence-corrected chi connectivity index (χ4v) is 2.47. The summed E-state index contributed by atoms with van der Waals surface area (Å²) >= 11 is 6.03. The molecular formula is C11H11ClN2O2S. The van der Waals surface area contributed by atoms with E-state index in [1.165, 1.54) is 6.26 Å². The largest absolute Gasteiger partial charge is 0.281 e. The van der Waals surface area contributed by atoms with E-state index < -0.39 is 9.84 Å². The second kappa shape index (κ2) is 4.50. The lowest BCUT2D eigenvalue weighted by Gasteiger charge is -1.97. The maximum Gasteiger partial charge on any atom is 0.153 e. The zero-order valence-corrected chi connectivity index (χ0v) is 10.7. The van der Waals surface area contributed by atoms with Gasteiger partial charge in [0.1, 0.15) is 0 Å². The molecule has 1 N–H and O–H groups in total. The molecule has 4 nitrogen and oxygen atoms in total. The standard InChI is InChI=1S/C11H11ClN2O2S/c1-17(15,16)7-8-6-11(14-13-8)9-4-2-3-5-10(9)12/h2-6H,7H2,1H3,(H,13,14). The Morgan fingerprint density at radius 1 is 1.35 bits per heavy atom. The van der Waals surface area contributed by atoms with Gasteiger partial charge in [0.05, 0.1) is 22.2 Å². The zero-order chi connectivity index (χ0) is 12.5. The van der Waals surface area contributed by atoms with Gasteiger partial charge in [-0.25, -0.2) is 8.42 Å². The van der Waals surface area contributed by atoms with Crippen molar-refractivity contribution in [2.75, 3.05) is 6.26 Å². The zero-order valence-electron chi connectivity index (χ0n) is 9.14. The third-order valence-electron chi connectivity index (χ3n) is 2.20. The van der Waals surface area contributed by atoms with Crippen LogP contribution in [-0.4, -0.2) is 24.9 Å². The van der Waals surface area contributed by atoms with Crippen molar-refractivity contribution in [3.8, 4) is 11.3 Å². The molecule has 0 aliphatic carbocycles. The number of sulfone groups is 1. The van der Waals surface area contributed by atoms with Crippen LogP contribution >= 0.6 is 11.6 Å². The van der Waals surface area contributed by atoms with Gasteiger partial charge in [-0.05, 0) is 12.1 Å². The highest BCUT2D eigenvalue weighted by Crippen LogP contribution is 2.26. The van der Waals surface area contributed by atoms with Crippen LogP contribution in [0.3, 0.4) is 0 Å². The third-order valence-corrected chi connectivity index (χ3v) is 3.36. The Labute approximate surface area is 105 Å². The minimum Gasteiger partial charge on any atom is -0.281 e. The number of hydrogen-bond acceptors (Lipinski definition) is 3. The maximum atomic E-state index is 11.1. The summed E-state index contributed by atoms with van der Waals surface area (Å²) in [5.41, 5.74) is 1.99. The molecule has 0 saturated carbocycles. The van der Waals surface area contributed by atoms with E-state index in [4.69, 9.17) is 11.6 Å². The maximum absolute atomic E-state index is 11.1. The number of H-pyrrole nitrogens is 1. The average molecular weight is 271 g/mol. The molecule has 0 spiro atoms. The fraction of sp³-hybridized carbons (Fsp3) is 0.182. The first kappa shape index (κ1) is 12.1. The lowest BCUT2D eigenvalue weighted by Crippen LogP contribution is -2.00. The fourth-order valence-electron chi connectivity index (χ4n) is 1.52. The van der Waals surface area contributed by atoms with Gasteiger partial charge in [0, 0.05) is 11.8 Å². The van der Waals surface area contributed by atoms with Crippen LogP contribution in [0.25, 0.3) is 11.3 Å². The number of halogens is 1. The molecule has 1 aromatic heterocycles. The van der Waals surface area contributed by atoms with Crippen molar-refractivity contribution >= 4 is 21.4 Å². The highest BCUT2D eigenvalue weighted by molar-refractivity contribution is 7.89. The summed E-state index contributed by atoms with van der Waals surface area (Å²) in [6, 6.07) is 8.98. The molecule has 0 atom stereocenters. The summed E-state index contributed by atoms with van der Waals surface area (Å²) in [6.07, 6.45) is 1.18. The molecule has 0 radical (unpaired) electrons. The van der Waals surface area contributed by atoms with E-state index in [1.54, 1.807) is 12.1 Å². The molecular weight excluding hydrogens is 260 g/mol. The average Bonchev–Trinajstić information content (AvgIpc) is 2.64. The molecule has 6 heteroatoms. The summed E-state index contributed by atoms with van der Waals surface area (Å²) in [4.78, 5) is 0. The molecule has 0 aliphatic heterocycles. The van der Waals surface area contributed by atoms with Crippen molar-refractivity contribution < 1.29 is 8.42 Å². The van der Waals surface area contributed by atoms with Crippen LogP contribution in [0.5, 0.6) is 0 Å². The van der Waals surface area contributed by atoms with Gasteiger partial charge in [-0.3, -0.25) is 5.10 Å². The molecule has 0 saturated heterocycles. The van der Waals surface area contributed by atoms with Crippen molar-refractivity contribution in [1.29, 1.82) is 0 Å². The normalized spacial score (nSPS) is 11.6. The highest BCUT2D eigenvalue weighted by atomic mass is 35.5. The molecule has 1 aromatic carbocycles. The SMILES string of the molecule is CS(=O)(=O)Cc1cc(-c2ccccc2Cl)n[nH]1. The predicted molar refractivity (Wildman–Crippen MR) is 67.6 cm³/mol. The number of aromatic nitrogens is 2. The van der Waals surface area contributed by atoms with E-state index in [2.05, 4.69) is 10.2 Å². The number of benzene rings is 1. The summed E-state index contributed by atoms with van der Waals surface area (Å²) in [7, 11) is -3.06. The van der Waals surface area contributed by atoms with Crippen molar-refractivity contribution in [3.05, 3.63) is 41.0 Å². The van der Waals surface area contributed by atoms with Crippen LogP contribution in [0.4, 0.5) is 0 Å². The number of hydrogen-bond donors (Lipinski definition) is 1. The van der Waals surface area contributed by atoms with Crippen molar-refractivity contribution in [2.24, 2.45) is 0 Å². The second-order valence-electron chi connectivity index (χ2n) is 3.83. The third kappa shape index (κ3) is 3.08. The second-order valence-corrected chi connectivity index (χ2v) is 6.38. The van der Waals surface area contributed by atoms with Gasteiger partial charge in [-0.15, -0.1) is 0 Å². The number of nitrogens with one attached hydrogen (secondary N) is 1. The first-order valence-corrected chi connectivity index (χ1v) is 7.36. The quantitative estimate of drug-likeness (QED) is 0.931. The van der Waals surface area contributed by atoms with E-state index in [0.29, 0.717) is 16.4 Å². The van der Waals surface area contributed by atoms with Crippen LogP contribution in [0, 0.1) is 0 Å². The van der Waals surface area contributed by atoms with Crippen molar-refractivity contribution in [3.63, 3.8) is 0 Å². The molecule has 1 heterocycles. The van der Waals surface area contributed by atoms with Gasteiger partial charge in [0.25, 0.3) is 0 Å². The summed E-state index contributed by atoms with van der Waals surface area (Å²) in [5.74, 6) is -0.0511. The Hall–Kier alpha value is -1.33. The van der Waals surface area contributed by atoms with E-state index in [1.807, 2.05) is 18.2 Å². The van der Waals surface area contributed by atoms with Gasteiger partial charge in [-0.1, -0.05) is 29.8 Å². The van der Waals surface area contributed by atoms with Crippen LogP contribution < -0.4 is 0 Å². The van der Waals surface area contributed by atoms with Gasteiger partial charge >= 0.3 is 0 Å². The van der Waals surface area contributed by atoms with E-state index in [9.17, 15) is 8.42 Å². The highest BCUT2D eigenvalue weighted by Gasteiger charge is 2.10. The number of aromatic amines is 1. The molecule has 90 valence electrons. The van der Waals surface area contributed by atoms with E-state index >= 15 is 0 Å². The van der Waals surface area contributed by atoms with E-state index in [0.717, 1.165) is 5.56 Å². The Bertz CT molecular complexity index is 634. The Morgan fingerprint density at radius 2 is 2.06 bits per heavy atom. The molecule has 2 rings (SSSR count). The summed E-state index contributed by atoms with van der Waals surface area (Å²) in [5, 5.41) is 7.35. The molecule has 0 aliphatic rings. The topological polar surface area (TPSA) is 62.8 Å². The molecule has 0 amide bonds. The smallest absolute Gasteiger partial charge is 0.153 e. The van der Waals surface area contributed by atoms with Gasteiger partial charge in [0.2, 0.25) is 0 Å². The van der Waals surface area contributed by atoms with Crippen LogP contribution in [0.15, 0.2) is 30.3 Å². The first-order valence-electron chi connectivity index (χ1n) is 4.92. The molecule has 0 unspecified atom stereocenters. The summed E-state index contributed by atoms with van der Waals surface area (Å²) < 4.78 is 22.3. The minimum atomic E-state index is -3.06. The monoisotopic (exact) mass is 270 g/mol. The number of nitrogens with zero attached hydrogens (tertiary/aromatic N) is 1. The van der Waals surface area contributed by atoms with Crippen LogP contribution in [0.1, 0.15) is 5.69 Å². The molecule has 0 bridgehead atoms. The Kier molecular flexibility index (Phi) is 3.22. The lowest BCUT2D eigenvalue weighted by atomic mass is 10.1. The molecule has 2 aromatic rings. The predicted octanol–water partition coefficient (Wildman–Crippen LogP) is 2.27. The van der Waals surface area contributed by atoms with E-state index in [-0.39, 0.29) is 5.75 Å². The Balaban J connectivity index is 2.34.